The standard InChI is InChI=1S/C11H18BrNOS/c1-7(2)9(14)6-13-8(3)10-4-5-11(12)15-10/h4-5,7-9,13-14H,6H2,1-3H3. The van der Waals surface area contributed by atoms with Gasteiger partial charge in [0.15, 0.2) is 0 Å². The molecule has 4 heteroatoms. The summed E-state index contributed by atoms with van der Waals surface area (Å²) in [6.07, 6.45) is -0.268. The maximum Gasteiger partial charge on any atom is 0.0701 e. The molecule has 2 unspecified atom stereocenters. The Hall–Kier alpha value is 0.1000. The van der Waals surface area contributed by atoms with E-state index in [9.17, 15) is 5.11 Å². The van der Waals surface area contributed by atoms with Crippen LogP contribution in [0.3, 0.4) is 0 Å². The van der Waals surface area contributed by atoms with Crippen molar-refractivity contribution < 1.29 is 5.11 Å². The smallest absolute Gasteiger partial charge is 0.0701 e. The highest BCUT2D eigenvalue weighted by atomic mass is 79.9. The van der Waals surface area contributed by atoms with E-state index in [-0.39, 0.29) is 6.10 Å². The van der Waals surface area contributed by atoms with Crippen LogP contribution in [0.25, 0.3) is 0 Å². The maximum absolute atomic E-state index is 9.66. The van der Waals surface area contributed by atoms with E-state index in [0.717, 1.165) is 3.79 Å². The number of hydrogen-bond acceptors (Lipinski definition) is 3. The van der Waals surface area contributed by atoms with E-state index in [1.165, 1.54) is 4.88 Å². The van der Waals surface area contributed by atoms with Gasteiger partial charge in [-0.2, -0.15) is 0 Å². The molecule has 0 radical (unpaired) electrons. The van der Waals surface area contributed by atoms with E-state index in [4.69, 9.17) is 0 Å². The summed E-state index contributed by atoms with van der Waals surface area (Å²) in [5.41, 5.74) is 0. The molecule has 15 heavy (non-hydrogen) atoms. The summed E-state index contributed by atoms with van der Waals surface area (Å²) in [7, 11) is 0. The van der Waals surface area contributed by atoms with Crippen LogP contribution in [0, 0.1) is 5.92 Å². The van der Waals surface area contributed by atoms with Crippen molar-refractivity contribution >= 4 is 27.3 Å². The molecule has 1 aromatic heterocycles. The van der Waals surface area contributed by atoms with Gasteiger partial charge < -0.3 is 10.4 Å². The summed E-state index contributed by atoms with van der Waals surface area (Å²) in [5.74, 6) is 0.305. The predicted molar refractivity (Wildman–Crippen MR) is 69.3 cm³/mol. The van der Waals surface area contributed by atoms with Crippen molar-refractivity contribution in [3.8, 4) is 0 Å². The van der Waals surface area contributed by atoms with Crippen molar-refractivity contribution in [1.29, 1.82) is 0 Å². The summed E-state index contributed by atoms with van der Waals surface area (Å²) in [4.78, 5) is 1.29. The van der Waals surface area contributed by atoms with Crippen LogP contribution in [0.1, 0.15) is 31.7 Å². The molecule has 0 saturated heterocycles. The zero-order chi connectivity index (χ0) is 11.4. The molecule has 0 aliphatic rings. The van der Waals surface area contributed by atoms with Gasteiger partial charge >= 0.3 is 0 Å². The number of aliphatic hydroxyl groups is 1. The Kier molecular flexibility index (Phi) is 5.26. The van der Waals surface area contributed by atoms with Crippen LogP contribution in [0.2, 0.25) is 0 Å². The van der Waals surface area contributed by atoms with Crippen molar-refractivity contribution in [2.45, 2.75) is 32.9 Å². The Balaban J connectivity index is 2.39. The minimum Gasteiger partial charge on any atom is -0.392 e. The monoisotopic (exact) mass is 291 g/mol. The minimum atomic E-state index is -0.268. The van der Waals surface area contributed by atoms with E-state index < -0.39 is 0 Å². The molecule has 0 amide bonds. The molecule has 2 atom stereocenters. The molecule has 0 spiro atoms. The first-order valence-electron chi connectivity index (χ1n) is 5.17. The molecule has 1 rings (SSSR count). The van der Waals surface area contributed by atoms with Gasteiger partial charge in [0.1, 0.15) is 0 Å². The number of thiophene rings is 1. The molecule has 2 N–H and O–H groups in total. The van der Waals surface area contributed by atoms with Crippen LogP contribution in [0.4, 0.5) is 0 Å². The van der Waals surface area contributed by atoms with E-state index in [2.05, 4.69) is 40.3 Å². The molecule has 0 aliphatic carbocycles. The third-order valence-corrected chi connectivity index (χ3v) is 4.23. The number of hydrogen-bond donors (Lipinski definition) is 2. The number of rotatable bonds is 5. The van der Waals surface area contributed by atoms with Crippen LogP contribution >= 0.6 is 27.3 Å². The quantitative estimate of drug-likeness (QED) is 0.873. The Morgan fingerprint density at radius 1 is 1.40 bits per heavy atom. The van der Waals surface area contributed by atoms with Gasteiger partial charge in [0.2, 0.25) is 0 Å². The van der Waals surface area contributed by atoms with Crippen molar-refractivity contribution in [1.82, 2.24) is 5.32 Å². The highest BCUT2D eigenvalue weighted by Crippen LogP contribution is 2.26. The molecular weight excluding hydrogens is 274 g/mol. The SMILES string of the molecule is CC(NCC(O)C(C)C)c1ccc(Br)s1. The Bertz CT molecular complexity index is 301. The van der Waals surface area contributed by atoms with E-state index in [1.807, 2.05) is 13.8 Å². The molecule has 0 aliphatic heterocycles. The summed E-state index contributed by atoms with van der Waals surface area (Å²) in [6, 6.07) is 4.46. The molecule has 86 valence electrons. The Labute approximate surface area is 104 Å². The second kappa shape index (κ2) is 5.99. The van der Waals surface area contributed by atoms with Gasteiger partial charge in [0.05, 0.1) is 9.89 Å². The number of nitrogens with one attached hydrogen (secondary N) is 1. The van der Waals surface area contributed by atoms with Gasteiger partial charge in [-0.1, -0.05) is 13.8 Å². The summed E-state index contributed by atoms with van der Waals surface area (Å²) >= 11 is 5.17. The van der Waals surface area contributed by atoms with Gasteiger partial charge in [0, 0.05) is 17.5 Å². The number of aliphatic hydroxyl groups excluding tert-OH is 1. The van der Waals surface area contributed by atoms with Gasteiger partial charge in [-0.3, -0.25) is 0 Å². The average molecular weight is 292 g/mol. The molecule has 0 saturated carbocycles. The fraction of sp³-hybridized carbons (Fsp3) is 0.636. The topological polar surface area (TPSA) is 32.3 Å². The molecule has 1 heterocycles. The van der Waals surface area contributed by atoms with Crippen LogP contribution in [-0.4, -0.2) is 17.8 Å². The fourth-order valence-electron chi connectivity index (χ4n) is 1.19. The molecule has 0 bridgehead atoms. The normalized spacial score (nSPS) is 15.6. The van der Waals surface area contributed by atoms with Gasteiger partial charge in [-0.15, -0.1) is 11.3 Å². The lowest BCUT2D eigenvalue weighted by atomic mass is 10.1. The Morgan fingerprint density at radius 2 is 2.07 bits per heavy atom. The lowest BCUT2D eigenvalue weighted by Gasteiger charge is -2.18. The molecular formula is C11H18BrNOS. The molecule has 0 fully saturated rings. The van der Waals surface area contributed by atoms with Crippen molar-refractivity contribution in [3.63, 3.8) is 0 Å². The van der Waals surface area contributed by atoms with Gasteiger partial charge in [0.25, 0.3) is 0 Å². The van der Waals surface area contributed by atoms with Crippen molar-refractivity contribution in [3.05, 3.63) is 20.8 Å². The minimum absolute atomic E-state index is 0.268. The van der Waals surface area contributed by atoms with Gasteiger partial charge in [-0.25, -0.2) is 0 Å². The first kappa shape index (κ1) is 13.2. The zero-order valence-electron chi connectivity index (χ0n) is 9.33. The first-order chi connectivity index (χ1) is 7.00. The second-order valence-electron chi connectivity index (χ2n) is 4.08. The molecule has 1 aromatic rings. The first-order valence-corrected chi connectivity index (χ1v) is 6.78. The van der Waals surface area contributed by atoms with Crippen LogP contribution in [0.15, 0.2) is 15.9 Å². The van der Waals surface area contributed by atoms with E-state index in [1.54, 1.807) is 11.3 Å². The lowest BCUT2D eigenvalue weighted by molar-refractivity contribution is 0.121. The maximum atomic E-state index is 9.66. The average Bonchev–Trinajstić information content (AvgIpc) is 2.60. The van der Waals surface area contributed by atoms with Crippen molar-refractivity contribution in [2.75, 3.05) is 6.54 Å². The summed E-state index contributed by atoms with van der Waals surface area (Å²) in [6.45, 7) is 6.82. The van der Waals surface area contributed by atoms with Crippen LogP contribution in [0.5, 0.6) is 0 Å². The number of halogens is 1. The Morgan fingerprint density at radius 3 is 2.53 bits per heavy atom. The van der Waals surface area contributed by atoms with Crippen molar-refractivity contribution in [2.24, 2.45) is 5.92 Å². The predicted octanol–water partition coefficient (Wildman–Crippen LogP) is 3.18. The third-order valence-electron chi connectivity index (χ3n) is 2.42. The van der Waals surface area contributed by atoms with Gasteiger partial charge in [-0.05, 0) is 40.9 Å². The molecule has 0 aromatic carbocycles. The van der Waals surface area contributed by atoms with E-state index in [0.29, 0.717) is 18.5 Å². The fourth-order valence-corrected chi connectivity index (χ4v) is 2.65. The zero-order valence-corrected chi connectivity index (χ0v) is 11.7. The summed E-state index contributed by atoms with van der Waals surface area (Å²) in [5, 5.41) is 13.0. The summed E-state index contributed by atoms with van der Waals surface area (Å²) < 4.78 is 1.15. The third kappa shape index (κ3) is 4.23. The van der Waals surface area contributed by atoms with E-state index >= 15 is 0 Å². The van der Waals surface area contributed by atoms with Crippen LogP contribution in [-0.2, 0) is 0 Å². The molecule has 2 nitrogen and oxygen atoms in total. The highest BCUT2D eigenvalue weighted by molar-refractivity contribution is 9.11. The largest absolute Gasteiger partial charge is 0.392 e. The second-order valence-corrected chi connectivity index (χ2v) is 6.58. The lowest BCUT2D eigenvalue weighted by Crippen LogP contribution is -2.31. The van der Waals surface area contributed by atoms with Crippen LogP contribution < -0.4 is 5.32 Å². The highest BCUT2D eigenvalue weighted by Gasteiger charge is 2.12.